The minimum atomic E-state index is -0.763. The molecule has 6 nitrogen and oxygen atoms in total. The molecule has 0 bridgehead atoms. The van der Waals surface area contributed by atoms with E-state index < -0.39 is 18.0 Å². The Morgan fingerprint density at radius 2 is 1.13 bits per heavy atom. The molecular formula is C40H62O6. The maximum absolute atomic E-state index is 11.7. The van der Waals surface area contributed by atoms with Crippen molar-refractivity contribution in [1.29, 1.82) is 0 Å². The summed E-state index contributed by atoms with van der Waals surface area (Å²) >= 11 is 0. The Kier molecular flexibility index (Phi) is 32.2. The molecule has 0 heterocycles. The second kappa shape index (κ2) is 34.6. The zero-order valence-electron chi connectivity index (χ0n) is 28.4. The Labute approximate surface area is 279 Å². The standard InChI is InChI=1S/C40H62O6/c1-2-3-4-5-6-7-8-9-10-11-12-13-14-17-22-27-32-37(40(43)44)33-28-23-20-21-25-30-35-38(46-45)34-29-24-18-15-16-19-26-31-36-39(41)42/h6-7,9-10,12-13,16-19,22,24-25,29-30,34,37-38,45H,2-5,8,11,14-15,20-21,23,26-28,31-33,35-36H2,1H3,(H,41,42)(H,43,44)/b7-6-,10-9-,13-12-,19-16?,22-17-,24-18?,30-25?,34-29?. The lowest BCUT2D eigenvalue weighted by Gasteiger charge is -2.10. The zero-order valence-corrected chi connectivity index (χ0v) is 28.4. The van der Waals surface area contributed by atoms with Crippen LogP contribution in [0.25, 0.3) is 0 Å². The molecule has 0 aliphatic heterocycles. The van der Waals surface area contributed by atoms with E-state index in [0.29, 0.717) is 25.7 Å². The zero-order chi connectivity index (χ0) is 33.8. The molecule has 6 heteroatoms. The minimum absolute atomic E-state index is 0.196. The van der Waals surface area contributed by atoms with E-state index in [1.54, 1.807) is 6.08 Å². The maximum Gasteiger partial charge on any atom is 0.306 e. The molecule has 0 fully saturated rings. The van der Waals surface area contributed by atoms with Gasteiger partial charge in [-0.25, -0.2) is 4.89 Å². The van der Waals surface area contributed by atoms with Gasteiger partial charge in [-0.2, -0.15) is 0 Å². The fourth-order valence-corrected chi connectivity index (χ4v) is 4.59. The van der Waals surface area contributed by atoms with E-state index in [0.717, 1.165) is 64.2 Å². The van der Waals surface area contributed by atoms with Crippen LogP contribution in [0.5, 0.6) is 0 Å². The van der Waals surface area contributed by atoms with Gasteiger partial charge in [-0.1, -0.05) is 130 Å². The van der Waals surface area contributed by atoms with Gasteiger partial charge in [0.05, 0.1) is 5.92 Å². The lowest BCUT2D eigenvalue weighted by Crippen LogP contribution is -2.13. The molecule has 0 saturated heterocycles. The molecule has 0 amide bonds. The molecule has 0 aromatic rings. The molecule has 258 valence electrons. The fraction of sp³-hybridized carbons (Fsp3) is 0.550. The van der Waals surface area contributed by atoms with E-state index >= 15 is 0 Å². The van der Waals surface area contributed by atoms with Crippen molar-refractivity contribution < 1.29 is 29.9 Å². The topological polar surface area (TPSA) is 104 Å². The van der Waals surface area contributed by atoms with Crippen molar-refractivity contribution in [2.45, 2.75) is 135 Å². The van der Waals surface area contributed by atoms with Crippen molar-refractivity contribution in [3.8, 4) is 0 Å². The second-order valence-electron chi connectivity index (χ2n) is 11.5. The van der Waals surface area contributed by atoms with Crippen molar-refractivity contribution in [1.82, 2.24) is 0 Å². The Morgan fingerprint density at radius 3 is 1.72 bits per heavy atom. The first-order chi connectivity index (χ1) is 22.5. The third kappa shape index (κ3) is 32.2. The van der Waals surface area contributed by atoms with Gasteiger partial charge in [0.1, 0.15) is 6.10 Å². The van der Waals surface area contributed by atoms with Gasteiger partial charge in [-0.3, -0.25) is 14.8 Å². The van der Waals surface area contributed by atoms with Gasteiger partial charge in [0.25, 0.3) is 0 Å². The highest BCUT2D eigenvalue weighted by Crippen LogP contribution is 2.17. The van der Waals surface area contributed by atoms with Crippen LogP contribution < -0.4 is 0 Å². The van der Waals surface area contributed by atoms with Crippen LogP contribution in [0.15, 0.2) is 97.2 Å². The van der Waals surface area contributed by atoms with Crippen molar-refractivity contribution in [3.63, 3.8) is 0 Å². The number of aliphatic carboxylic acids is 2. The normalized spacial score (nSPS) is 14.2. The highest BCUT2D eigenvalue weighted by Gasteiger charge is 2.15. The van der Waals surface area contributed by atoms with Crippen molar-refractivity contribution in [3.05, 3.63) is 97.2 Å². The Hall–Kier alpha value is -3.22. The van der Waals surface area contributed by atoms with Crippen LogP contribution in [0.1, 0.15) is 129 Å². The summed E-state index contributed by atoms with van der Waals surface area (Å²) in [5.74, 6) is -1.75. The molecule has 0 saturated carbocycles. The third-order valence-corrected chi connectivity index (χ3v) is 7.36. The molecule has 2 atom stereocenters. The van der Waals surface area contributed by atoms with Crippen LogP contribution in [0.3, 0.4) is 0 Å². The number of carboxylic acid groups (broad SMARTS) is 2. The average molecular weight is 639 g/mol. The van der Waals surface area contributed by atoms with Gasteiger partial charge in [0.2, 0.25) is 0 Å². The Morgan fingerprint density at radius 1 is 0.587 bits per heavy atom. The number of carboxylic acids is 2. The van der Waals surface area contributed by atoms with Crippen LogP contribution >= 0.6 is 0 Å². The summed E-state index contributed by atoms with van der Waals surface area (Å²) in [4.78, 5) is 26.7. The number of allylic oxidation sites excluding steroid dienone is 14. The summed E-state index contributed by atoms with van der Waals surface area (Å²) < 4.78 is 0. The van der Waals surface area contributed by atoms with Gasteiger partial charge in [-0.05, 0) is 89.9 Å². The number of carbonyl (C=O) groups is 2. The van der Waals surface area contributed by atoms with E-state index in [-0.39, 0.29) is 12.3 Å². The number of hydrogen-bond donors (Lipinski definition) is 3. The Balaban J connectivity index is 3.95. The summed E-state index contributed by atoms with van der Waals surface area (Å²) in [7, 11) is 0. The molecule has 0 aliphatic rings. The van der Waals surface area contributed by atoms with Gasteiger partial charge in [0.15, 0.2) is 0 Å². The molecule has 0 aromatic heterocycles. The van der Waals surface area contributed by atoms with Gasteiger partial charge in [0, 0.05) is 6.42 Å². The molecule has 0 spiro atoms. The van der Waals surface area contributed by atoms with E-state index in [4.69, 9.17) is 10.4 Å². The fourth-order valence-electron chi connectivity index (χ4n) is 4.59. The predicted molar refractivity (Wildman–Crippen MR) is 193 cm³/mol. The predicted octanol–water partition coefficient (Wildman–Crippen LogP) is 11.5. The second-order valence-corrected chi connectivity index (χ2v) is 11.5. The first kappa shape index (κ1) is 42.8. The maximum atomic E-state index is 11.7. The molecule has 0 rings (SSSR count). The summed E-state index contributed by atoms with van der Waals surface area (Å²) in [5, 5.41) is 27.3. The summed E-state index contributed by atoms with van der Waals surface area (Å²) in [6.07, 6.45) is 49.5. The monoisotopic (exact) mass is 638 g/mol. The first-order valence-electron chi connectivity index (χ1n) is 17.5. The average Bonchev–Trinajstić information content (AvgIpc) is 3.04. The van der Waals surface area contributed by atoms with Crippen LogP contribution in [-0.4, -0.2) is 33.5 Å². The van der Waals surface area contributed by atoms with Crippen molar-refractivity contribution in [2.24, 2.45) is 5.92 Å². The van der Waals surface area contributed by atoms with E-state index in [2.05, 4.69) is 66.5 Å². The van der Waals surface area contributed by atoms with E-state index in [1.165, 1.54) is 25.7 Å². The largest absolute Gasteiger partial charge is 0.481 e. The lowest BCUT2D eigenvalue weighted by molar-refractivity contribution is -0.264. The summed E-state index contributed by atoms with van der Waals surface area (Å²) in [6, 6.07) is 0. The van der Waals surface area contributed by atoms with Gasteiger partial charge < -0.3 is 10.2 Å². The van der Waals surface area contributed by atoms with Crippen molar-refractivity contribution >= 4 is 11.9 Å². The van der Waals surface area contributed by atoms with Crippen molar-refractivity contribution in [2.75, 3.05) is 0 Å². The quantitative estimate of drug-likeness (QED) is 0.0229. The summed E-state index contributed by atoms with van der Waals surface area (Å²) in [5.41, 5.74) is 0. The van der Waals surface area contributed by atoms with E-state index in [9.17, 15) is 14.7 Å². The van der Waals surface area contributed by atoms with Crippen LogP contribution in [0.2, 0.25) is 0 Å². The van der Waals surface area contributed by atoms with Crippen LogP contribution in [-0.2, 0) is 14.5 Å². The number of unbranched alkanes of at least 4 members (excludes halogenated alkanes) is 7. The molecular weight excluding hydrogens is 576 g/mol. The van der Waals surface area contributed by atoms with Crippen LogP contribution in [0, 0.1) is 5.92 Å². The lowest BCUT2D eigenvalue weighted by atomic mass is 9.96. The highest BCUT2D eigenvalue weighted by atomic mass is 17.1. The molecule has 0 aliphatic carbocycles. The molecule has 46 heavy (non-hydrogen) atoms. The molecule has 0 aromatic carbocycles. The minimum Gasteiger partial charge on any atom is -0.481 e. The molecule has 3 N–H and O–H groups in total. The molecule has 0 radical (unpaired) electrons. The number of rotatable bonds is 31. The summed E-state index contributed by atoms with van der Waals surface area (Å²) in [6.45, 7) is 2.23. The van der Waals surface area contributed by atoms with E-state index in [1.807, 2.05) is 36.5 Å². The van der Waals surface area contributed by atoms with Gasteiger partial charge >= 0.3 is 11.9 Å². The SMILES string of the molecule is CCCCC/C=C\C/C=C\C/C=C\C/C=C\CCC(CCCCCC=CCC(C=CC=CCC=CCCCC(=O)O)OO)C(=O)O. The number of hydrogen-bond acceptors (Lipinski definition) is 4. The highest BCUT2D eigenvalue weighted by molar-refractivity contribution is 5.69. The third-order valence-electron chi connectivity index (χ3n) is 7.36. The van der Waals surface area contributed by atoms with Crippen LogP contribution in [0.4, 0.5) is 0 Å². The first-order valence-corrected chi connectivity index (χ1v) is 17.5. The Bertz CT molecular complexity index is 966. The van der Waals surface area contributed by atoms with Gasteiger partial charge in [-0.15, -0.1) is 0 Å². The smallest absolute Gasteiger partial charge is 0.306 e. The molecule has 2 unspecified atom stereocenters.